The molecule has 1 rings (SSSR count). The summed E-state index contributed by atoms with van der Waals surface area (Å²) in [4.78, 5) is 0. The van der Waals surface area contributed by atoms with Gasteiger partial charge in [-0.15, -0.1) is 0 Å². The van der Waals surface area contributed by atoms with Crippen LogP contribution in [-0.2, 0) is 0 Å². The minimum Gasteiger partial charge on any atom is -0.497 e. The van der Waals surface area contributed by atoms with Crippen LogP contribution < -0.4 is 14.8 Å². The topological polar surface area (TPSA) is 30.5 Å². The molecule has 0 heterocycles. The van der Waals surface area contributed by atoms with E-state index in [1.807, 2.05) is 31.3 Å². The van der Waals surface area contributed by atoms with Crippen molar-refractivity contribution in [1.82, 2.24) is 5.32 Å². The van der Waals surface area contributed by atoms with Crippen molar-refractivity contribution in [3.63, 3.8) is 0 Å². The Balaban J connectivity index is 2.51. The van der Waals surface area contributed by atoms with Gasteiger partial charge in [0.1, 0.15) is 11.5 Å². The summed E-state index contributed by atoms with van der Waals surface area (Å²) in [6, 6.07) is 7.81. The average molecular weight is 293 g/mol. The molecule has 1 N–H and O–H groups in total. The highest BCUT2D eigenvalue weighted by molar-refractivity contribution is 5.31. The number of hydrogen-bond donors (Lipinski definition) is 1. The number of benzene rings is 1. The first-order valence-corrected chi connectivity index (χ1v) is 8.11. The summed E-state index contributed by atoms with van der Waals surface area (Å²) in [6.45, 7) is 6.38. The SMILES string of the molecule is CCCCC(CC)(CCOc1ccc(OC)cc1)CNC. The van der Waals surface area contributed by atoms with Crippen LogP contribution >= 0.6 is 0 Å². The third-order valence-corrected chi connectivity index (χ3v) is 4.32. The maximum Gasteiger partial charge on any atom is 0.119 e. The first-order chi connectivity index (χ1) is 10.2. The zero-order chi connectivity index (χ0) is 15.6. The van der Waals surface area contributed by atoms with E-state index in [1.54, 1.807) is 7.11 Å². The Labute approximate surface area is 130 Å². The molecule has 0 saturated carbocycles. The first-order valence-electron chi connectivity index (χ1n) is 8.11. The van der Waals surface area contributed by atoms with E-state index in [0.717, 1.165) is 31.1 Å². The van der Waals surface area contributed by atoms with Crippen LogP contribution in [0.15, 0.2) is 24.3 Å². The van der Waals surface area contributed by atoms with E-state index in [-0.39, 0.29) is 0 Å². The predicted molar refractivity (Wildman–Crippen MR) is 89.3 cm³/mol. The lowest BCUT2D eigenvalue weighted by atomic mass is 9.77. The Kier molecular flexibility index (Phi) is 8.21. The fraction of sp³-hybridized carbons (Fsp3) is 0.667. The summed E-state index contributed by atoms with van der Waals surface area (Å²) < 4.78 is 11.1. The molecule has 1 aromatic carbocycles. The van der Waals surface area contributed by atoms with Gasteiger partial charge in [-0.05, 0) is 56.0 Å². The molecular weight excluding hydrogens is 262 g/mol. The van der Waals surface area contributed by atoms with E-state index in [9.17, 15) is 0 Å². The number of hydrogen-bond acceptors (Lipinski definition) is 3. The van der Waals surface area contributed by atoms with Gasteiger partial charge in [0.15, 0.2) is 0 Å². The normalized spacial score (nSPS) is 13.7. The molecule has 0 aliphatic rings. The summed E-state index contributed by atoms with van der Waals surface area (Å²) in [5, 5.41) is 3.36. The lowest BCUT2D eigenvalue weighted by Gasteiger charge is -2.33. The quantitative estimate of drug-likeness (QED) is 0.661. The van der Waals surface area contributed by atoms with Crippen molar-refractivity contribution < 1.29 is 9.47 Å². The summed E-state index contributed by atoms with van der Waals surface area (Å²) in [6.07, 6.45) is 6.10. The van der Waals surface area contributed by atoms with Gasteiger partial charge in [-0.2, -0.15) is 0 Å². The zero-order valence-electron chi connectivity index (χ0n) is 14.1. The van der Waals surface area contributed by atoms with Gasteiger partial charge in [0.25, 0.3) is 0 Å². The minimum atomic E-state index is 0.358. The van der Waals surface area contributed by atoms with E-state index >= 15 is 0 Å². The van der Waals surface area contributed by atoms with Crippen LogP contribution in [0.2, 0.25) is 0 Å². The van der Waals surface area contributed by atoms with Crippen molar-refractivity contribution in [1.29, 1.82) is 0 Å². The van der Waals surface area contributed by atoms with Crippen LogP contribution in [0.3, 0.4) is 0 Å². The van der Waals surface area contributed by atoms with Crippen molar-refractivity contribution in [2.45, 2.75) is 46.0 Å². The van der Waals surface area contributed by atoms with Gasteiger partial charge < -0.3 is 14.8 Å². The van der Waals surface area contributed by atoms with Gasteiger partial charge in [0.05, 0.1) is 13.7 Å². The molecule has 0 fully saturated rings. The Morgan fingerprint density at radius 1 is 1.05 bits per heavy atom. The van der Waals surface area contributed by atoms with Gasteiger partial charge in [0.2, 0.25) is 0 Å². The van der Waals surface area contributed by atoms with E-state index in [2.05, 4.69) is 19.2 Å². The number of rotatable bonds is 11. The molecule has 0 amide bonds. The van der Waals surface area contributed by atoms with Gasteiger partial charge >= 0.3 is 0 Å². The molecule has 21 heavy (non-hydrogen) atoms. The van der Waals surface area contributed by atoms with E-state index in [0.29, 0.717) is 5.41 Å². The molecule has 0 spiro atoms. The van der Waals surface area contributed by atoms with Gasteiger partial charge in [-0.1, -0.05) is 26.7 Å². The molecule has 0 radical (unpaired) electrons. The maximum atomic E-state index is 5.91. The molecule has 120 valence electrons. The van der Waals surface area contributed by atoms with Crippen LogP contribution in [0.25, 0.3) is 0 Å². The summed E-state index contributed by atoms with van der Waals surface area (Å²) in [5.41, 5.74) is 0.358. The second-order valence-electron chi connectivity index (χ2n) is 5.76. The molecule has 1 unspecified atom stereocenters. The Morgan fingerprint density at radius 2 is 1.71 bits per heavy atom. The molecule has 1 atom stereocenters. The molecular formula is C18H31NO2. The van der Waals surface area contributed by atoms with E-state index in [4.69, 9.17) is 9.47 Å². The molecule has 3 nitrogen and oxygen atoms in total. The van der Waals surface area contributed by atoms with Crippen LogP contribution in [0.1, 0.15) is 46.0 Å². The van der Waals surface area contributed by atoms with Gasteiger partial charge in [-0.25, -0.2) is 0 Å². The molecule has 0 aromatic heterocycles. The molecule has 0 aliphatic carbocycles. The highest BCUT2D eigenvalue weighted by atomic mass is 16.5. The van der Waals surface area contributed by atoms with Crippen molar-refractivity contribution in [3.8, 4) is 11.5 Å². The lowest BCUT2D eigenvalue weighted by molar-refractivity contribution is 0.168. The summed E-state index contributed by atoms with van der Waals surface area (Å²) >= 11 is 0. The smallest absolute Gasteiger partial charge is 0.119 e. The highest BCUT2D eigenvalue weighted by Crippen LogP contribution is 2.32. The average Bonchev–Trinajstić information content (AvgIpc) is 2.53. The number of unbranched alkanes of at least 4 members (excludes halogenated alkanes) is 1. The van der Waals surface area contributed by atoms with E-state index in [1.165, 1.54) is 25.7 Å². The standard InChI is InChI=1S/C18H31NO2/c1-5-7-12-18(6-2,15-19-3)13-14-21-17-10-8-16(20-4)9-11-17/h8-11,19H,5-7,12-15H2,1-4H3. The molecule has 3 heteroatoms. The Bertz CT molecular complexity index is 377. The molecule has 0 aliphatic heterocycles. The number of nitrogens with one attached hydrogen (secondary N) is 1. The van der Waals surface area contributed by atoms with Crippen molar-refractivity contribution in [2.24, 2.45) is 5.41 Å². The predicted octanol–water partition coefficient (Wildman–Crippen LogP) is 4.27. The Morgan fingerprint density at radius 3 is 2.24 bits per heavy atom. The van der Waals surface area contributed by atoms with Crippen LogP contribution in [0.4, 0.5) is 0 Å². The van der Waals surface area contributed by atoms with Crippen LogP contribution in [0.5, 0.6) is 11.5 Å². The molecule has 1 aromatic rings. The summed E-state index contributed by atoms with van der Waals surface area (Å²) in [7, 11) is 3.72. The number of ether oxygens (including phenoxy) is 2. The largest absolute Gasteiger partial charge is 0.497 e. The molecule has 0 saturated heterocycles. The fourth-order valence-electron chi connectivity index (χ4n) is 2.76. The Hall–Kier alpha value is -1.22. The highest BCUT2D eigenvalue weighted by Gasteiger charge is 2.26. The maximum absolute atomic E-state index is 5.91. The van der Waals surface area contributed by atoms with Crippen molar-refractivity contribution in [2.75, 3.05) is 27.3 Å². The monoisotopic (exact) mass is 293 g/mol. The van der Waals surface area contributed by atoms with Crippen LogP contribution in [-0.4, -0.2) is 27.3 Å². The third kappa shape index (κ3) is 5.96. The van der Waals surface area contributed by atoms with Crippen LogP contribution in [0, 0.1) is 5.41 Å². The second kappa shape index (κ2) is 9.67. The van der Waals surface area contributed by atoms with Gasteiger partial charge in [0, 0.05) is 6.54 Å². The van der Waals surface area contributed by atoms with E-state index < -0.39 is 0 Å². The second-order valence-corrected chi connectivity index (χ2v) is 5.76. The van der Waals surface area contributed by atoms with Gasteiger partial charge in [-0.3, -0.25) is 0 Å². The lowest BCUT2D eigenvalue weighted by Crippen LogP contribution is -2.33. The summed E-state index contributed by atoms with van der Waals surface area (Å²) in [5.74, 6) is 1.78. The zero-order valence-corrected chi connectivity index (χ0v) is 14.1. The third-order valence-electron chi connectivity index (χ3n) is 4.32. The minimum absolute atomic E-state index is 0.358. The van der Waals surface area contributed by atoms with Crippen molar-refractivity contribution in [3.05, 3.63) is 24.3 Å². The number of methoxy groups -OCH3 is 1. The van der Waals surface area contributed by atoms with Crippen molar-refractivity contribution >= 4 is 0 Å². The fourth-order valence-corrected chi connectivity index (χ4v) is 2.76. The first kappa shape index (κ1) is 17.8. The molecule has 0 bridgehead atoms.